The van der Waals surface area contributed by atoms with Gasteiger partial charge in [0.2, 0.25) is 0 Å². The molecule has 1 unspecified atom stereocenters. The lowest BCUT2D eigenvalue weighted by Gasteiger charge is -2.19. The summed E-state index contributed by atoms with van der Waals surface area (Å²) in [5.74, 6) is -0.203. The zero-order chi connectivity index (χ0) is 13.8. The van der Waals surface area contributed by atoms with Gasteiger partial charge in [-0.25, -0.2) is 4.79 Å². The molecular weight excluding hydrogens is 228 g/mol. The Morgan fingerprint density at radius 1 is 1.44 bits per heavy atom. The molecule has 18 heavy (non-hydrogen) atoms. The van der Waals surface area contributed by atoms with Crippen molar-refractivity contribution < 1.29 is 9.53 Å². The number of anilines is 1. The SMILES string of the molecule is CC(C#N)c1cccc(NC(=O)OC(C)(C)C)c1. The number of carbonyl (C=O) groups is 1. The van der Waals surface area contributed by atoms with Crippen molar-refractivity contribution in [1.82, 2.24) is 0 Å². The number of hydrogen-bond acceptors (Lipinski definition) is 3. The van der Waals surface area contributed by atoms with E-state index in [1.165, 1.54) is 0 Å². The van der Waals surface area contributed by atoms with E-state index >= 15 is 0 Å². The van der Waals surface area contributed by atoms with Gasteiger partial charge in [0.25, 0.3) is 0 Å². The van der Waals surface area contributed by atoms with Gasteiger partial charge in [-0.2, -0.15) is 5.26 Å². The van der Waals surface area contributed by atoms with Gasteiger partial charge in [-0.05, 0) is 45.4 Å². The highest BCUT2D eigenvalue weighted by Crippen LogP contribution is 2.19. The van der Waals surface area contributed by atoms with Crippen molar-refractivity contribution in [2.24, 2.45) is 0 Å². The lowest BCUT2D eigenvalue weighted by atomic mass is 10.0. The van der Waals surface area contributed by atoms with Crippen LogP contribution in [0.5, 0.6) is 0 Å². The summed E-state index contributed by atoms with van der Waals surface area (Å²) in [6, 6.07) is 9.35. The quantitative estimate of drug-likeness (QED) is 0.866. The number of nitriles is 1. The monoisotopic (exact) mass is 246 g/mol. The molecule has 1 amide bonds. The van der Waals surface area contributed by atoms with Crippen LogP contribution in [-0.4, -0.2) is 11.7 Å². The molecule has 0 heterocycles. The predicted molar refractivity (Wildman–Crippen MR) is 70.3 cm³/mol. The Morgan fingerprint density at radius 3 is 2.67 bits per heavy atom. The standard InChI is InChI=1S/C14H18N2O2/c1-10(9-15)11-6-5-7-12(8-11)16-13(17)18-14(2,3)4/h5-8,10H,1-4H3,(H,16,17). The van der Waals surface area contributed by atoms with Crippen LogP contribution in [0.25, 0.3) is 0 Å². The van der Waals surface area contributed by atoms with Crippen molar-refractivity contribution in [1.29, 1.82) is 5.26 Å². The Labute approximate surface area is 108 Å². The predicted octanol–water partition coefficient (Wildman–Crippen LogP) is 3.66. The first-order valence-electron chi connectivity index (χ1n) is 5.81. The Morgan fingerprint density at radius 2 is 2.11 bits per heavy atom. The van der Waals surface area contributed by atoms with Gasteiger partial charge in [0.15, 0.2) is 0 Å². The lowest BCUT2D eigenvalue weighted by molar-refractivity contribution is 0.0636. The maximum atomic E-state index is 11.6. The minimum Gasteiger partial charge on any atom is -0.444 e. The molecule has 1 aromatic carbocycles. The third-order valence-electron chi connectivity index (χ3n) is 2.23. The topological polar surface area (TPSA) is 62.1 Å². The van der Waals surface area contributed by atoms with Crippen molar-refractivity contribution in [3.8, 4) is 6.07 Å². The van der Waals surface area contributed by atoms with Crippen LogP contribution in [0.3, 0.4) is 0 Å². The zero-order valence-corrected chi connectivity index (χ0v) is 11.2. The average Bonchev–Trinajstić information content (AvgIpc) is 2.25. The molecule has 0 saturated heterocycles. The molecule has 0 aliphatic rings. The van der Waals surface area contributed by atoms with Crippen molar-refractivity contribution in [2.75, 3.05) is 5.32 Å². The molecule has 0 spiro atoms. The third kappa shape index (κ3) is 4.46. The molecule has 4 nitrogen and oxygen atoms in total. The Hall–Kier alpha value is -2.02. The summed E-state index contributed by atoms with van der Waals surface area (Å²) in [7, 11) is 0. The van der Waals surface area contributed by atoms with Gasteiger partial charge >= 0.3 is 6.09 Å². The Bertz CT molecular complexity index is 469. The molecule has 4 heteroatoms. The minimum absolute atomic E-state index is 0.203. The molecule has 0 aromatic heterocycles. The van der Waals surface area contributed by atoms with E-state index < -0.39 is 11.7 Å². The van der Waals surface area contributed by atoms with Gasteiger partial charge < -0.3 is 4.74 Å². The molecule has 0 saturated carbocycles. The second-order valence-corrected chi connectivity index (χ2v) is 5.10. The van der Waals surface area contributed by atoms with Gasteiger partial charge in [-0.1, -0.05) is 12.1 Å². The van der Waals surface area contributed by atoms with Crippen molar-refractivity contribution in [2.45, 2.75) is 39.2 Å². The fourth-order valence-electron chi connectivity index (χ4n) is 1.38. The van der Waals surface area contributed by atoms with Crippen LogP contribution in [0, 0.1) is 11.3 Å². The fraction of sp³-hybridized carbons (Fsp3) is 0.429. The van der Waals surface area contributed by atoms with E-state index in [0.29, 0.717) is 5.69 Å². The van der Waals surface area contributed by atoms with Crippen molar-refractivity contribution in [3.05, 3.63) is 29.8 Å². The second kappa shape index (κ2) is 5.54. The number of ether oxygens (including phenoxy) is 1. The number of amides is 1. The summed E-state index contributed by atoms with van der Waals surface area (Å²) in [5.41, 5.74) is 0.969. The molecule has 0 radical (unpaired) electrons. The lowest BCUT2D eigenvalue weighted by Crippen LogP contribution is -2.27. The molecule has 0 fully saturated rings. The molecular formula is C14H18N2O2. The molecule has 1 N–H and O–H groups in total. The van der Waals surface area contributed by atoms with Gasteiger partial charge in [-0.3, -0.25) is 5.32 Å². The number of hydrogen-bond donors (Lipinski definition) is 1. The summed E-state index contributed by atoms with van der Waals surface area (Å²) in [6.45, 7) is 7.23. The highest BCUT2D eigenvalue weighted by Gasteiger charge is 2.16. The number of rotatable bonds is 2. The Balaban J connectivity index is 2.74. The molecule has 1 atom stereocenters. The van der Waals surface area contributed by atoms with Gasteiger partial charge in [-0.15, -0.1) is 0 Å². The first kappa shape index (κ1) is 14.0. The summed E-state index contributed by atoms with van der Waals surface area (Å²) in [4.78, 5) is 11.6. The first-order valence-corrected chi connectivity index (χ1v) is 5.81. The maximum absolute atomic E-state index is 11.6. The van der Waals surface area contributed by atoms with E-state index in [-0.39, 0.29) is 5.92 Å². The normalized spacial score (nSPS) is 12.4. The highest BCUT2D eigenvalue weighted by molar-refractivity contribution is 5.85. The Kier molecular flexibility index (Phi) is 4.33. The summed E-state index contributed by atoms with van der Waals surface area (Å²) < 4.78 is 5.15. The zero-order valence-electron chi connectivity index (χ0n) is 11.2. The van der Waals surface area contributed by atoms with E-state index in [9.17, 15) is 4.79 Å². The van der Waals surface area contributed by atoms with E-state index in [4.69, 9.17) is 10.00 Å². The average molecular weight is 246 g/mol. The fourth-order valence-corrected chi connectivity index (χ4v) is 1.38. The van der Waals surface area contributed by atoms with E-state index in [0.717, 1.165) is 5.56 Å². The van der Waals surface area contributed by atoms with Crippen LogP contribution in [0.15, 0.2) is 24.3 Å². The van der Waals surface area contributed by atoms with Gasteiger partial charge in [0.05, 0.1) is 12.0 Å². The number of benzene rings is 1. The molecule has 0 aliphatic carbocycles. The second-order valence-electron chi connectivity index (χ2n) is 5.10. The number of nitrogens with one attached hydrogen (secondary N) is 1. The van der Waals surface area contributed by atoms with Crippen molar-refractivity contribution >= 4 is 11.8 Å². The van der Waals surface area contributed by atoms with E-state index in [1.807, 2.05) is 13.0 Å². The molecule has 96 valence electrons. The van der Waals surface area contributed by atoms with Gasteiger partial charge in [0.1, 0.15) is 5.60 Å². The molecule has 1 rings (SSSR count). The van der Waals surface area contributed by atoms with Crippen LogP contribution >= 0.6 is 0 Å². The van der Waals surface area contributed by atoms with Crippen molar-refractivity contribution in [3.63, 3.8) is 0 Å². The molecule has 1 aromatic rings. The van der Waals surface area contributed by atoms with E-state index in [2.05, 4.69) is 11.4 Å². The molecule has 0 aliphatic heterocycles. The number of carbonyl (C=O) groups excluding carboxylic acids is 1. The summed E-state index contributed by atoms with van der Waals surface area (Å²) in [6.07, 6.45) is -0.496. The number of nitrogens with zero attached hydrogens (tertiary/aromatic N) is 1. The van der Waals surface area contributed by atoms with Gasteiger partial charge in [0, 0.05) is 5.69 Å². The third-order valence-corrected chi connectivity index (χ3v) is 2.23. The van der Waals surface area contributed by atoms with Crippen LogP contribution in [0.2, 0.25) is 0 Å². The van der Waals surface area contributed by atoms with Crippen LogP contribution < -0.4 is 5.32 Å². The van der Waals surface area contributed by atoms with Crippen LogP contribution in [-0.2, 0) is 4.74 Å². The minimum atomic E-state index is -0.526. The van der Waals surface area contributed by atoms with Crippen LogP contribution in [0.1, 0.15) is 39.2 Å². The maximum Gasteiger partial charge on any atom is 0.412 e. The highest BCUT2D eigenvalue weighted by atomic mass is 16.6. The smallest absolute Gasteiger partial charge is 0.412 e. The van der Waals surface area contributed by atoms with Crippen LogP contribution in [0.4, 0.5) is 10.5 Å². The molecule has 0 bridgehead atoms. The van der Waals surface area contributed by atoms with E-state index in [1.54, 1.807) is 39.0 Å². The summed E-state index contributed by atoms with van der Waals surface area (Å²) >= 11 is 0. The largest absolute Gasteiger partial charge is 0.444 e. The summed E-state index contributed by atoms with van der Waals surface area (Å²) in [5, 5.41) is 11.5. The first-order chi connectivity index (χ1) is 8.31.